The van der Waals surface area contributed by atoms with Gasteiger partial charge in [0, 0.05) is 19.1 Å². The van der Waals surface area contributed by atoms with Crippen LogP contribution in [-0.4, -0.2) is 62.7 Å². The van der Waals surface area contributed by atoms with Crippen LogP contribution in [0.25, 0.3) is 0 Å². The molecule has 2 aliphatic rings. The van der Waals surface area contributed by atoms with Crippen molar-refractivity contribution in [2.24, 2.45) is 5.92 Å². The summed E-state index contributed by atoms with van der Waals surface area (Å²) in [5.41, 5.74) is 0. The van der Waals surface area contributed by atoms with Gasteiger partial charge in [0.15, 0.2) is 0 Å². The summed E-state index contributed by atoms with van der Waals surface area (Å²) in [5, 5.41) is 3.31. The van der Waals surface area contributed by atoms with Crippen molar-refractivity contribution in [1.82, 2.24) is 15.1 Å². The molecule has 2 saturated heterocycles. The molecule has 0 aromatic rings. The smallest absolute Gasteiger partial charge is 0.0220 e. The van der Waals surface area contributed by atoms with Gasteiger partial charge < -0.3 is 15.1 Å². The van der Waals surface area contributed by atoms with Crippen molar-refractivity contribution in [3.05, 3.63) is 0 Å². The highest BCUT2D eigenvalue weighted by atomic mass is 15.2. The van der Waals surface area contributed by atoms with Crippen LogP contribution in [0.5, 0.6) is 0 Å². The van der Waals surface area contributed by atoms with E-state index in [9.17, 15) is 0 Å². The first-order chi connectivity index (χ1) is 7.79. The molecule has 0 amide bonds. The van der Waals surface area contributed by atoms with Gasteiger partial charge >= 0.3 is 0 Å². The summed E-state index contributed by atoms with van der Waals surface area (Å²) in [6, 6.07) is 0.821. The van der Waals surface area contributed by atoms with E-state index in [0.29, 0.717) is 0 Å². The Morgan fingerprint density at radius 1 is 1.19 bits per heavy atom. The van der Waals surface area contributed by atoms with Gasteiger partial charge in [0.1, 0.15) is 0 Å². The number of likely N-dealkylation sites (N-methyl/N-ethyl adjacent to an activating group) is 1. The molecule has 3 heteroatoms. The van der Waals surface area contributed by atoms with Crippen molar-refractivity contribution in [3.63, 3.8) is 0 Å². The first kappa shape index (κ1) is 12.3. The minimum absolute atomic E-state index is 0.821. The molecule has 2 aliphatic heterocycles. The zero-order chi connectivity index (χ0) is 11.4. The predicted octanol–water partition coefficient (Wildman–Crippen LogP) is 1.01. The fourth-order valence-corrected chi connectivity index (χ4v) is 3.21. The van der Waals surface area contributed by atoms with E-state index in [0.717, 1.165) is 12.0 Å². The van der Waals surface area contributed by atoms with Gasteiger partial charge in [-0.3, -0.25) is 0 Å². The van der Waals surface area contributed by atoms with Gasteiger partial charge in [-0.15, -0.1) is 0 Å². The lowest BCUT2D eigenvalue weighted by Gasteiger charge is -2.35. The zero-order valence-corrected chi connectivity index (χ0v) is 10.9. The van der Waals surface area contributed by atoms with E-state index < -0.39 is 0 Å². The molecule has 94 valence electrons. The molecular weight excluding hydrogens is 198 g/mol. The molecule has 3 nitrogen and oxygen atoms in total. The van der Waals surface area contributed by atoms with Gasteiger partial charge in [0.2, 0.25) is 0 Å². The van der Waals surface area contributed by atoms with Gasteiger partial charge in [-0.25, -0.2) is 0 Å². The SMILES string of the molecule is CNCC1CCN(CC2CCCCN2C)C1. The van der Waals surface area contributed by atoms with Gasteiger partial charge in [-0.2, -0.15) is 0 Å². The first-order valence-corrected chi connectivity index (χ1v) is 6.87. The molecule has 0 aromatic carbocycles. The van der Waals surface area contributed by atoms with E-state index in [2.05, 4.69) is 29.2 Å². The molecule has 2 heterocycles. The number of hydrogen-bond acceptors (Lipinski definition) is 3. The summed E-state index contributed by atoms with van der Waals surface area (Å²) < 4.78 is 0. The Hall–Kier alpha value is -0.120. The Morgan fingerprint density at radius 3 is 2.81 bits per heavy atom. The minimum atomic E-state index is 0.821. The highest BCUT2D eigenvalue weighted by Gasteiger charge is 2.26. The van der Waals surface area contributed by atoms with Gasteiger partial charge in [0.05, 0.1) is 0 Å². The fraction of sp³-hybridized carbons (Fsp3) is 1.00. The van der Waals surface area contributed by atoms with Crippen molar-refractivity contribution < 1.29 is 0 Å². The average molecular weight is 225 g/mol. The molecule has 2 rings (SSSR count). The van der Waals surface area contributed by atoms with Crippen molar-refractivity contribution in [2.45, 2.75) is 31.7 Å². The molecule has 2 unspecified atom stereocenters. The largest absolute Gasteiger partial charge is 0.319 e. The number of nitrogens with zero attached hydrogens (tertiary/aromatic N) is 2. The van der Waals surface area contributed by atoms with Crippen LogP contribution in [0.15, 0.2) is 0 Å². The maximum Gasteiger partial charge on any atom is 0.0220 e. The molecule has 0 bridgehead atoms. The molecule has 2 atom stereocenters. The van der Waals surface area contributed by atoms with Crippen LogP contribution in [0.3, 0.4) is 0 Å². The number of rotatable bonds is 4. The van der Waals surface area contributed by atoms with Gasteiger partial charge in [-0.1, -0.05) is 6.42 Å². The average Bonchev–Trinajstić information content (AvgIpc) is 2.70. The molecular formula is C13H27N3. The molecule has 2 fully saturated rings. The summed E-state index contributed by atoms with van der Waals surface area (Å²) >= 11 is 0. The second kappa shape index (κ2) is 5.99. The summed E-state index contributed by atoms with van der Waals surface area (Å²) in [6.45, 7) is 6.42. The number of likely N-dealkylation sites (tertiary alicyclic amines) is 2. The van der Waals surface area contributed by atoms with Crippen LogP contribution in [-0.2, 0) is 0 Å². The Kier molecular flexibility index (Phi) is 4.62. The van der Waals surface area contributed by atoms with Crippen molar-refractivity contribution in [1.29, 1.82) is 0 Å². The monoisotopic (exact) mass is 225 g/mol. The normalized spacial score (nSPS) is 33.4. The molecule has 16 heavy (non-hydrogen) atoms. The second-order valence-corrected chi connectivity index (χ2v) is 5.60. The topological polar surface area (TPSA) is 18.5 Å². The first-order valence-electron chi connectivity index (χ1n) is 6.87. The predicted molar refractivity (Wildman–Crippen MR) is 68.7 cm³/mol. The molecule has 0 spiro atoms. The number of hydrogen-bond donors (Lipinski definition) is 1. The lowest BCUT2D eigenvalue weighted by Crippen LogP contribution is -2.44. The van der Waals surface area contributed by atoms with Gasteiger partial charge in [0.25, 0.3) is 0 Å². The van der Waals surface area contributed by atoms with Crippen molar-refractivity contribution in [3.8, 4) is 0 Å². The van der Waals surface area contributed by atoms with Crippen LogP contribution >= 0.6 is 0 Å². The van der Waals surface area contributed by atoms with E-state index >= 15 is 0 Å². The minimum Gasteiger partial charge on any atom is -0.319 e. The Balaban J connectivity index is 1.73. The third kappa shape index (κ3) is 3.19. The number of piperidine rings is 1. The third-order valence-electron chi connectivity index (χ3n) is 4.25. The van der Waals surface area contributed by atoms with Gasteiger partial charge in [-0.05, 0) is 58.9 Å². The molecule has 0 aliphatic carbocycles. The molecule has 0 saturated carbocycles. The lowest BCUT2D eigenvalue weighted by molar-refractivity contribution is 0.139. The summed E-state index contributed by atoms with van der Waals surface area (Å²) in [5.74, 6) is 0.888. The maximum atomic E-state index is 3.31. The molecule has 0 radical (unpaired) electrons. The standard InChI is InChI=1S/C13H27N3/c1-14-9-12-6-8-16(10-12)11-13-5-3-4-7-15(13)2/h12-14H,3-11H2,1-2H3. The summed E-state index contributed by atoms with van der Waals surface area (Å²) in [7, 11) is 4.36. The summed E-state index contributed by atoms with van der Waals surface area (Å²) in [4.78, 5) is 5.24. The maximum absolute atomic E-state index is 3.31. The Bertz CT molecular complexity index is 207. The van der Waals surface area contributed by atoms with E-state index in [4.69, 9.17) is 0 Å². The quantitative estimate of drug-likeness (QED) is 0.770. The van der Waals surface area contributed by atoms with E-state index in [1.165, 1.54) is 58.4 Å². The van der Waals surface area contributed by atoms with Crippen LogP contribution in [0.1, 0.15) is 25.7 Å². The molecule has 0 aromatic heterocycles. The van der Waals surface area contributed by atoms with Crippen molar-refractivity contribution in [2.75, 3.05) is 46.8 Å². The van der Waals surface area contributed by atoms with Crippen LogP contribution in [0, 0.1) is 5.92 Å². The fourth-order valence-electron chi connectivity index (χ4n) is 3.21. The lowest BCUT2D eigenvalue weighted by atomic mass is 10.0. The summed E-state index contributed by atoms with van der Waals surface area (Å²) in [6.07, 6.45) is 5.62. The van der Waals surface area contributed by atoms with E-state index in [1.54, 1.807) is 0 Å². The Morgan fingerprint density at radius 2 is 2.06 bits per heavy atom. The second-order valence-electron chi connectivity index (χ2n) is 5.60. The van der Waals surface area contributed by atoms with Crippen LogP contribution in [0.2, 0.25) is 0 Å². The third-order valence-corrected chi connectivity index (χ3v) is 4.25. The highest BCUT2D eigenvalue weighted by Crippen LogP contribution is 2.20. The van der Waals surface area contributed by atoms with Crippen molar-refractivity contribution >= 4 is 0 Å². The molecule has 1 N–H and O–H groups in total. The van der Waals surface area contributed by atoms with E-state index in [1.807, 2.05) is 0 Å². The highest BCUT2D eigenvalue weighted by molar-refractivity contribution is 4.83. The number of nitrogens with one attached hydrogen (secondary N) is 1. The van der Waals surface area contributed by atoms with Crippen LogP contribution in [0.4, 0.5) is 0 Å². The Labute approximate surface area is 100 Å². The van der Waals surface area contributed by atoms with Crippen LogP contribution < -0.4 is 5.32 Å². The van der Waals surface area contributed by atoms with E-state index in [-0.39, 0.29) is 0 Å². The zero-order valence-electron chi connectivity index (χ0n) is 10.9.